The first-order valence-electron chi connectivity index (χ1n) is 29.5. The molecule has 4 heterocycles. The number of halogens is 5. The van der Waals surface area contributed by atoms with E-state index in [-0.39, 0.29) is 29.7 Å². The monoisotopic (exact) mass is 1280 g/mol. The number of alkyl halides is 3. The second-order valence-corrected chi connectivity index (χ2v) is 28.6. The lowest BCUT2D eigenvalue weighted by Crippen LogP contribution is -2.50. The fourth-order valence-electron chi connectivity index (χ4n) is 12.4. The number of rotatable bonds is 20. The van der Waals surface area contributed by atoms with E-state index < -0.39 is 70.4 Å². The summed E-state index contributed by atoms with van der Waals surface area (Å²) < 4.78 is 120. The predicted octanol–water partition coefficient (Wildman–Crippen LogP) is 9.68. The molecule has 466 valence electrons. The van der Waals surface area contributed by atoms with Gasteiger partial charge in [-0.3, -0.25) is 29.5 Å². The summed E-state index contributed by atoms with van der Waals surface area (Å²) in [5.41, 5.74) is -0.371. The number of thioether (sulfide) groups is 1. The highest BCUT2D eigenvalue weighted by Gasteiger charge is 2.49. The van der Waals surface area contributed by atoms with Gasteiger partial charge in [0.25, 0.3) is 25.8 Å². The Morgan fingerprint density at radius 1 is 0.793 bits per heavy atom. The molecule has 0 aromatic heterocycles. The first-order valence-corrected chi connectivity index (χ1v) is 33.8. The highest BCUT2D eigenvalue weighted by atomic mass is 35.5. The van der Waals surface area contributed by atoms with E-state index >= 15 is 4.39 Å². The van der Waals surface area contributed by atoms with Gasteiger partial charge < -0.3 is 24.8 Å². The summed E-state index contributed by atoms with van der Waals surface area (Å²) in [5, 5.41) is 6.03. The number of hydrogen-bond donors (Lipinski definition) is 3. The standard InChI is InChI=1S/C63H73ClF4N8O8S3/c1-62(43-74-29-33-76(34-30-74)50-16-19-56(65)55(38-50)54-18-21-59(77)70-61(54)79)24-22-53(44-8-12-47(64)13-9-44)46(40-62)41-73-27-31-75(32-28-73)49-14-10-45(11-15-49)60(78)71-87(82,83)52-17-20-57(58(39-52)86(80,81)63(66,67)68)69-48(42-85-51-6-3-2-4-7-51)23-26-72-25-5-36-84-37-35-72/h2-4,6-17,19-20,38-39,48,54,69H,5,18,21-37,40-43H2,1H3,(H,71,78)(H,70,77,79)/t48-,54?,62-/m1/s1. The van der Waals surface area contributed by atoms with Crippen LogP contribution in [-0.4, -0.2) is 165 Å². The van der Waals surface area contributed by atoms with Crippen molar-refractivity contribution in [2.75, 3.05) is 119 Å². The van der Waals surface area contributed by atoms with Gasteiger partial charge in [-0.1, -0.05) is 54.4 Å². The number of piperidine rings is 1. The van der Waals surface area contributed by atoms with Crippen LogP contribution >= 0.6 is 23.4 Å². The molecule has 4 fully saturated rings. The molecule has 87 heavy (non-hydrogen) atoms. The summed E-state index contributed by atoms with van der Waals surface area (Å²) in [6, 6.07) is 30.6. The number of carbonyl (C=O) groups is 3. The van der Waals surface area contributed by atoms with Crippen LogP contribution in [0, 0.1) is 11.2 Å². The van der Waals surface area contributed by atoms with Crippen LogP contribution in [0.1, 0.15) is 79.3 Å². The number of carbonyl (C=O) groups excluding carboxylic acids is 3. The van der Waals surface area contributed by atoms with Gasteiger partial charge in [0, 0.05) is 142 Å². The van der Waals surface area contributed by atoms with E-state index in [1.165, 1.54) is 41.1 Å². The average molecular weight is 1280 g/mol. The summed E-state index contributed by atoms with van der Waals surface area (Å²) in [5.74, 6) is -2.66. The molecule has 10 rings (SSSR count). The number of sulfone groups is 1. The normalized spacial score (nSPS) is 21.1. The van der Waals surface area contributed by atoms with Gasteiger partial charge >= 0.3 is 5.51 Å². The first-order chi connectivity index (χ1) is 41.6. The lowest BCUT2D eigenvalue weighted by Gasteiger charge is -2.44. The molecule has 4 aliphatic heterocycles. The van der Waals surface area contributed by atoms with Gasteiger partial charge in [-0.2, -0.15) is 13.2 Å². The number of ether oxygens (including phenoxy) is 1. The van der Waals surface area contributed by atoms with Gasteiger partial charge in [0.2, 0.25) is 11.8 Å². The lowest BCUT2D eigenvalue weighted by atomic mass is 9.71. The molecular formula is C63H73ClF4N8O8S3. The number of piperazine rings is 2. The highest BCUT2D eigenvalue weighted by Crippen LogP contribution is 2.45. The van der Waals surface area contributed by atoms with Gasteiger partial charge in [-0.25, -0.2) is 25.9 Å². The maximum atomic E-state index is 15.1. The molecular weight excluding hydrogens is 1200 g/mol. The summed E-state index contributed by atoms with van der Waals surface area (Å²) in [7, 11) is -11.0. The molecule has 5 aromatic rings. The molecule has 3 atom stereocenters. The van der Waals surface area contributed by atoms with Crippen LogP contribution < -0.4 is 25.2 Å². The largest absolute Gasteiger partial charge is 0.501 e. The van der Waals surface area contributed by atoms with Crippen molar-refractivity contribution in [2.24, 2.45) is 5.41 Å². The van der Waals surface area contributed by atoms with E-state index in [0.717, 1.165) is 119 Å². The molecule has 16 nitrogen and oxygen atoms in total. The summed E-state index contributed by atoms with van der Waals surface area (Å²) in [6.45, 7) is 13.1. The van der Waals surface area contributed by atoms with Crippen molar-refractivity contribution in [3.05, 3.63) is 148 Å². The van der Waals surface area contributed by atoms with Crippen molar-refractivity contribution in [1.82, 2.24) is 24.7 Å². The second kappa shape index (κ2) is 27.8. The number of allylic oxidation sites excluding steroid dienone is 1. The van der Waals surface area contributed by atoms with Crippen LogP contribution in [-0.2, 0) is 34.2 Å². The van der Waals surface area contributed by atoms with Gasteiger partial charge in [-0.15, -0.1) is 11.8 Å². The molecule has 1 unspecified atom stereocenters. The first kappa shape index (κ1) is 64.0. The minimum atomic E-state index is -6.10. The number of anilines is 3. The Balaban J connectivity index is 0.761. The predicted molar refractivity (Wildman–Crippen MR) is 331 cm³/mol. The Bertz CT molecular complexity index is 3530. The van der Waals surface area contributed by atoms with E-state index in [2.05, 4.69) is 54.2 Å². The maximum Gasteiger partial charge on any atom is 0.501 e. The van der Waals surface area contributed by atoms with Crippen LogP contribution in [0.15, 0.2) is 136 Å². The van der Waals surface area contributed by atoms with E-state index in [9.17, 15) is 44.4 Å². The Labute approximate surface area is 516 Å². The topological polar surface area (TPSA) is 181 Å². The van der Waals surface area contributed by atoms with Gasteiger partial charge in [0.05, 0.1) is 23.1 Å². The molecule has 0 bridgehead atoms. The van der Waals surface area contributed by atoms with Crippen LogP contribution in [0.3, 0.4) is 0 Å². The highest BCUT2D eigenvalue weighted by molar-refractivity contribution is 7.99. The SMILES string of the molecule is C[C@@]1(CN2CCN(c3ccc(F)c(C4CCC(=O)NC4=O)c3)CC2)CCC(c2ccc(Cl)cc2)=C(CN2CCN(c3ccc(C(=O)NS(=O)(=O)c4ccc(N[C@H](CCN5CCCOCC5)CSc5ccccc5)c(S(=O)(=O)C(F)(F)F)c4)cc3)CC2)C1. The van der Waals surface area contributed by atoms with E-state index in [1.807, 2.05) is 47.2 Å². The number of benzene rings is 5. The van der Waals surface area contributed by atoms with Gasteiger partial charge in [0.1, 0.15) is 10.7 Å². The third-order valence-electron chi connectivity index (χ3n) is 17.2. The fourth-order valence-corrected chi connectivity index (χ4v) is 15.6. The number of imide groups is 1. The second-order valence-electron chi connectivity index (χ2n) is 23.5. The third kappa shape index (κ3) is 16.1. The quantitative estimate of drug-likeness (QED) is 0.0380. The van der Waals surface area contributed by atoms with E-state index in [1.54, 1.807) is 24.3 Å². The average Bonchev–Trinajstić information content (AvgIpc) is 1.17. The molecule has 5 aliphatic rings. The minimum absolute atomic E-state index is 0.00847. The Morgan fingerprint density at radius 2 is 1.48 bits per heavy atom. The maximum absolute atomic E-state index is 15.1. The molecule has 0 radical (unpaired) electrons. The zero-order chi connectivity index (χ0) is 61.5. The summed E-state index contributed by atoms with van der Waals surface area (Å²) in [4.78, 5) is 48.4. The molecule has 5 aromatic carbocycles. The molecule has 3 N–H and O–H groups in total. The molecule has 24 heteroatoms. The summed E-state index contributed by atoms with van der Waals surface area (Å²) in [6.07, 6.45) is 4.50. The van der Waals surface area contributed by atoms with E-state index in [4.69, 9.17) is 16.3 Å². The number of amides is 3. The van der Waals surface area contributed by atoms with Crippen molar-refractivity contribution in [2.45, 2.75) is 84.0 Å². The Kier molecular flexibility index (Phi) is 20.4. The number of sulfonamides is 1. The molecule has 0 spiro atoms. The van der Waals surface area contributed by atoms with Crippen molar-refractivity contribution >= 4 is 83.6 Å². The van der Waals surface area contributed by atoms with Crippen molar-refractivity contribution in [3.63, 3.8) is 0 Å². The van der Waals surface area contributed by atoms with Crippen LogP contribution in [0.25, 0.3) is 5.57 Å². The zero-order valence-electron chi connectivity index (χ0n) is 48.5. The minimum Gasteiger partial charge on any atom is -0.380 e. The number of hydrogen-bond acceptors (Lipinski definition) is 15. The van der Waals surface area contributed by atoms with Crippen molar-refractivity contribution in [1.29, 1.82) is 0 Å². The fraction of sp³-hybridized carbons (Fsp3) is 0.444. The Morgan fingerprint density at radius 3 is 2.18 bits per heavy atom. The van der Waals surface area contributed by atoms with Crippen LogP contribution in [0.5, 0.6) is 0 Å². The Hall–Kier alpha value is -6.05. The number of nitrogens with zero attached hydrogens (tertiary/aromatic N) is 5. The number of nitrogens with one attached hydrogen (secondary N) is 3. The van der Waals surface area contributed by atoms with Crippen molar-refractivity contribution < 1.29 is 53.5 Å². The van der Waals surface area contributed by atoms with Crippen LogP contribution in [0.2, 0.25) is 5.02 Å². The zero-order valence-corrected chi connectivity index (χ0v) is 51.7. The van der Waals surface area contributed by atoms with Crippen molar-refractivity contribution in [3.8, 4) is 0 Å². The molecule has 4 saturated heterocycles. The van der Waals surface area contributed by atoms with Gasteiger partial charge in [0.15, 0.2) is 0 Å². The lowest BCUT2D eigenvalue weighted by molar-refractivity contribution is -0.134. The van der Waals surface area contributed by atoms with Gasteiger partial charge in [-0.05, 0) is 140 Å². The molecule has 1 aliphatic carbocycles. The van der Waals surface area contributed by atoms with E-state index in [0.29, 0.717) is 68.2 Å². The van der Waals surface area contributed by atoms with Crippen LogP contribution in [0.4, 0.5) is 34.6 Å². The molecule has 0 saturated carbocycles. The summed E-state index contributed by atoms with van der Waals surface area (Å²) >= 11 is 7.80. The smallest absolute Gasteiger partial charge is 0.380 e. The molecule has 3 amide bonds. The third-order valence-corrected chi connectivity index (χ3v) is 21.5.